The molecule has 1 saturated heterocycles. The average molecular weight is 326 g/mol. The molecule has 7 nitrogen and oxygen atoms in total. The number of nitrogens with zero attached hydrogens (tertiary/aromatic N) is 3. The number of nitro groups is 1. The highest BCUT2D eigenvalue weighted by atomic mass is 16.6. The van der Waals surface area contributed by atoms with E-state index in [4.69, 9.17) is 0 Å². The van der Waals surface area contributed by atoms with Gasteiger partial charge in [0.25, 0.3) is 11.6 Å². The van der Waals surface area contributed by atoms with Gasteiger partial charge in [-0.15, -0.1) is 0 Å². The van der Waals surface area contributed by atoms with Crippen molar-refractivity contribution in [1.82, 2.24) is 15.2 Å². The van der Waals surface area contributed by atoms with Crippen molar-refractivity contribution in [3.8, 4) is 0 Å². The van der Waals surface area contributed by atoms with Gasteiger partial charge in [0.2, 0.25) is 0 Å². The van der Waals surface area contributed by atoms with E-state index in [1.165, 1.54) is 6.07 Å². The van der Waals surface area contributed by atoms with E-state index in [-0.39, 0.29) is 17.6 Å². The molecule has 124 valence electrons. The van der Waals surface area contributed by atoms with Crippen LogP contribution in [-0.2, 0) is 0 Å². The molecule has 0 aliphatic carbocycles. The zero-order valence-corrected chi connectivity index (χ0v) is 13.3. The van der Waals surface area contributed by atoms with Gasteiger partial charge in [0.15, 0.2) is 0 Å². The normalized spacial score (nSPS) is 17.5. The molecule has 1 aromatic carbocycles. The number of nitrogens with one attached hydrogen (secondary N) is 1. The summed E-state index contributed by atoms with van der Waals surface area (Å²) in [6, 6.07) is 8.25. The lowest BCUT2D eigenvalue weighted by Gasteiger charge is -2.36. The van der Waals surface area contributed by atoms with Gasteiger partial charge < -0.3 is 10.2 Å². The van der Waals surface area contributed by atoms with Gasteiger partial charge in [0.1, 0.15) is 0 Å². The first-order valence-corrected chi connectivity index (χ1v) is 7.75. The number of piperazine rings is 1. The zero-order valence-electron chi connectivity index (χ0n) is 13.3. The fourth-order valence-corrected chi connectivity index (χ4v) is 3.03. The zero-order chi connectivity index (χ0) is 17.1. The van der Waals surface area contributed by atoms with Gasteiger partial charge in [0, 0.05) is 49.2 Å². The van der Waals surface area contributed by atoms with E-state index in [1.54, 1.807) is 36.4 Å². The smallest absolute Gasteiger partial charge is 0.273 e. The molecule has 2 aromatic rings. The minimum atomic E-state index is -0.456. The highest BCUT2D eigenvalue weighted by Crippen LogP contribution is 2.27. The van der Waals surface area contributed by atoms with Gasteiger partial charge in [-0.25, -0.2) is 0 Å². The van der Waals surface area contributed by atoms with Gasteiger partial charge in [-0.3, -0.25) is 19.9 Å². The first-order valence-electron chi connectivity index (χ1n) is 7.75. The molecular formula is C17H18N4O3. The monoisotopic (exact) mass is 326 g/mol. The van der Waals surface area contributed by atoms with E-state index in [1.807, 2.05) is 12.1 Å². The summed E-state index contributed by atoms with van der Waals surface area (Å²) in [6.45, 7) is 3.48. The Morgan fingerprint density at radius 1 is 1.38 bits per heavy atom. The molecule has 1 unspecified atom stereocenters. The van der Waals surface area contributed by atoms with Crippen molar-refractivity contribution in [1.29, 1.82) is 0 Å². The van der Waals surface area contributed by atoms with Crippen molar-refractivity contribution in [2.24, 2.45) is 0 Å². The third-order valence-corrected chi connectivity index (χ3v) is 4.31. The number of benzene rings is 1. The second-order valence-electron chi connectivity index (χ2n) is 5.71. The van der Waals surface area contributed by atoms with Crippen LogP contribution in [-0.4, -0.2) is 40.3 Å². The number of hydrogen-bond donors (Lipinski definition) is 1. The first-order chi connectivity index (χ1) is 11.6. The van der Waals surface area contributed by atoms with Crippen LogP contribution in [0.3, 0.4) is 0 Å². The molecule has 1 amide bonds. The largest absolute Gasteiger partial charge is 0.329 e. The third kappa shape index (κ3) is 2.98. The molecule has 1 aromatic heterocycles. The van der Waals surface area contributed by atoms with Crippen LogP contribution in [0.15, 0.2) is 42.7 Å². The topological polar surface area (TPSA) is 88.4 Å². The molecule has 1 atom stereocenters. The van der Waals surface area contributed by atoms with E-state index in [0.717, 1.165) is 5.56 Å². The Bertz CT molecular complexity index is 764. The number of carbonyl (C=O) groups excluding carboxylic acids is 1. The minimum absolute atomic E-state index is 0.0334. The highest BCUT2D eigenvalue weighted by Gasteiger charge is 2.30. The lowest BCUT2D eigenvalue weighted by molar-refractivity contribution is -0.385. The quantitative estimate of drug-likeness (QED) is 0.689. The Labute approximate surface area is 139 Å². The number of pyridine rings is 1. The Morgan fingerprint density at radius 3 is 2.92 bits per heavy atom. The van der Waals surface area contributed by atoms with Crippen LogP contribution in [0.1, 0.15) is 27.5 Å². The Balaban J connectivity index is 1.96. The summed E-state index contributed by atoms with van der Waals surface area (Å²) in [5.74, 6) is -0.188. The third-order valence-electron chi connectivity index (χ3n) is 4.31. The fourth-order valence-electron chi connectivity index (χ4n) is 3.03. The van der Waals surface area contributed by atoms with Crippen LogP contribution in [0, 0.1) is 17.0 Å². The van der Waals surface area contributed by atoms with Crippen LogP contribution >= 0.6 is 0 Å². The van der Waals surface area contributed by atoms with Crippen molar-refractivity contribution in [3.63, 3.8) is 0 Å². The number of nitro benzene ring substituents is 1. The van der Waals surface area contributed by atoms with Gasteiger partial charge >= 0.3 is 0 Å². The lowest BCUT2D eigenvalue weighted by Crippen LogP contribution is -2.48. The molecule has 2 heterocycles. The van der Waals surface area contributed by atoms with E-state index in [2.05, 4.69) is 10.3 Å². The summed E-state index contributed by atoms with van der Waals surface area (Å²) < 4.78 is 0. The van der Waals surface area contributed by atoms with E-state index in [0.29, 0.717) is 30.8 Å². The molecule has 1 aliphatic rings. The van der Waals surface area contributed by atoms with Gasteiger partial charge in [-0.2, -0.15) is 0 Å². The van der Waals surface area contributed by atoms with Gasteiger partial charge in [-0.1, -0.05) is 12.1 Å². The van der Waals surface area contributed by atoms with Crippen molar-refractivity contribution in [2.45, 2.75) is 13.0 Å². The van der Waals surface area contributed by atoms with Crippen LogP contribution in [0.4, 0.5) is 5.69 Å². The van der Waals surface area contributed by atoms with E-state index >= 15 is 0 Å². The fraction of sp³-hybridized carbons (Fsp3) is 0.294. The SMILES string of the molecule is Cc1c(C(=O)N2CCNCC2c2cccnc2)cccc1[N+](=O)[O-]. The molecule has 0 spiro atoms. The molecule has 0 saturated carbocycles. The average Bonchev–Trinajstić information content (AvgIpc) is 2.62. The summed E-state index contributed by atoms with van der Waals surface area (Å²) in [5.41, 5.74) is 1.69. The molecular weight excluding hydrogens is 308 g/mol. The van der Waals surface area contributed by atoms with Crippen LogP contribution in [0.25, 0.3) is 0 Å². The molecule has 0 radical (unpaired) electrons. The second kappa shape index (κ2) is 6.76. The van der Waals surface area contributed by atoms with E-state index in [9.17, 15) is 14.9 Å². The summed E-state index contributed by atoms with van der Waals surface area (Å²) >= 11 is 0. The van der Waals surface area contributed by atoms with Crippen LogP contribution in [0.5, 0.6) is 0 Å². The van der Waals surface area contributed by atoms with Gasteiger partial charge in [0.05, 0.1) is 11.0 Å². The maximum Gasteiger partial charge on any atom is 0.273 e. The number of carbonyl (C=O) groups is 1. The Morgan fingerprint density at radius 2 is 2.21 bits per heavy atom. The molecule has 7 heteroatoms. The molecule has 1 aliphatic heterocycles. The molecule has 3 rings (SSSR count). The number of rotatable bonds is 3. The van der Waals surface area contributed by atoms with Crippen molar-refractivity contribution in [3.05, 3.63) is 69.5 Å². The summed E-state index contributed by atoms with van der Waals surface area (Å²) in [6.07, 6.45) is 3.44. The molecule has 1 fully saturated rings. The van der Waals surface area contributed by atoms with Crippen LogP contribution < -0.4 is 5.32 Å². The van der Waals surface area contributed by atoms with E-state index < -0.39 is 4.92 Å². The van der Waals surface area contributed by atoms with Crippen molar-refractivity contribution in [2.75, 3.05) is 19.6 Å². The molecule has 1 N–H and O–H groups in total. The first kappa shape index (κ1) is 16.1. The maximum absolute atomic E-state index is 13.0. The van der Waals surface area contributed by atoms with Crippen molar-refractivity contribution >= 4 is 11.6 Å². The molecule has 24 heavy (non-hydrogen) atoms. The van der Waals surface area contributed by atoms with Crippen molar-refractivity contribution < 1.29 is 9.72 Å². The van der Waals surface area contributed by atoms with Gasteiger partial charge in [-0.05, 0) is 24.6 Å². The number of aromatic nitrogens is 1. The predicted molar refractivity (Wildman–Crippen MR) is 88.7 cm³/mol. The standard InChI is InChI=1S/C17H18N4O3/c1-12-14(5-2-6-15(12)21(23)24)17(22)20-9-8-19-11-16(20)13-4-3-7-18-10-13/h2-7,10,16,19H,8-9,11H2,1H3. The summed E-state index contributed by atoms with van der Waals surface area (Å²) in [4.78, 5) is 29.6. The maximum atomic E-state index is 13.0. The Kier molecular flexibility index (Phi) is 4.52. The predicted octanol–water partition coefficient (Wildman–Crippen LogP) is 2.08. The second-order valence-corrected chi connectivity index (χ2v) is 5.71. The minimum Gasteiger partial charge on any atom is -0.329 e. The summed E-state index contributed by atoms with van der Waals surface area (Å²) in [5, 5.41) is 14.4. The number of hydrogen-bond acceptors (Lipinski definition) is 5. The Hall–Kier alpha value is -2.80. The summed E-state index contributed by atoms with van der Waals surface area (Å²) in [7, 11) is 0. The van der Waals surface area contributed by atoms with Crippen LogP contribution in [0.2, 0.25) is 0 Å². The number of amides is 1. The lowest BCUT2D eigenvalue weighted by atomic mass is 10.0. The molecule has 0 bridgehead atoms. The highest BCUT2D eigenvalue weighted by molar-refractivity contribution is 5.97.